The summed E-state index contributed by atoms with van der Waals surface area (Å²) in [6.07, 6.45) is 1.22. The van der Waals surface area contributed by atoms with Crippen LogP contribution in [0.25, 0.3) is 0 Å². The van der Waals surface area contributed by atoms with Crippen LogP contribution in [-0.4, -0.2) is 23.6 Å². The zero-order chi connectivity index (χ0) is 6.41. The molecule has 3 N–H and O–H groups in total. The van der Waals surface area contributed by atoms with Crippen molar-refractivity contribution in [3.05, 3.63) is 0 Å². The number of hydrogen-bond acceptors (Lipinski definition) is 2. The number of nitrogens with two attached hydrogens (primary N) is 1. The molecule has 0 aliphatic carbocycles. The van der Waals surface area contributed by atoms with Gasteiger partial charge in [0.15, 0.2) is 0 Å². The fourth-order valence-corrected chi connectivity index (χ4v) is 0.585. The standard InChI is InChI=1S/C5H12ClNO.ClH/c6-3-1-2-5(8)4-7;/h5,8H,1-4,7H2;1H. The highest BCUT2D eigenvalue weighted by atomic mass is 35.5. The van der Waals surface area contributed by atoms with Crippen molar-refractivity contribution in [3.63, 3.8) is 0 Å². The van der Waals surface area contributed by atoms with Gasteiger partial charge in [0.2, 0.25) is 0 Å². The van der Waals surface area contributed by atoms with Gasteiger partial charge in [-0.1, -0.05) is 0 Å². The molecule has 1 atom stereocenters. The Balaban J connectivity index is 0. The average molecular weight is 174 g/mol. The molecule has 0 aromatic carbocycles. The number of rotatable bonds is 4. The van der Waals surface area contributed by atoms with Crippen LogP contribution < -0.4 is 5.73 Å². The Bertz CT molecular complexity index is 54.2. The summed E-state index contributed by atoms with van der Waals surface area (Å²) in [5.41, 5.74) is 5.12. The van der Waals surface area contributed by atoms with Gasteiger partial charge in [-0.2, -0.15) is 0 Å². The molecule has 0 aromatic heterocycles. The van der Waals surface area contributed by atoms with Gasteiger partial charge in [-0.15, -0.1) is 24.0 Å². The summed E-state index contributed by atoms with van der Waals surface area (Å²) in [6.45, 7) is 0.344. The van der Waals surface area contributed by atoms with Gasteiger partial charge in [0, 0.05) is 12.4 Å². The van der Waals surface area contributed by atoms with Crippen LogP contribution >= 0.6 is 24.0 Å². The number of aliphatic hydroxyl groups excluding tert-OH is 1. The van der Waals surface area contributed by atoms with Crippen molar-refractivity contribution in [2.24, 2.45) is 5.73 Å². The fourth-order valence-electron chi connectivity index (χ4n) is 0.431. The summed E-state index contributed by atoms with van der Waals surface area (Å²) < 4.78 is 0. The quantitative estimate of drug-likeness (QED) is 0.617. The van der Waals surface area contributed by atoms with E-state index >= 15 is 0 Å². The molecule has 1 unspecified atom stereocenters. The van der Waals surface area contributed by atoms with Crippen molar-refractivity contribution in [3.8, 4) is 0 Å². The van der Waals surface area contributed by atoms with Crippen molar-refractivity contribution in [1.82, 2.24) is 0 Å². The van der Waals surface area contributed by atoms with Crippen molar-refractivity contribution in [2.75, 3.05) is 12.4 Å². The maximum atomic E-state index is 8.81. The second kappa shape index (κ2) is 8.50. The first-order valence-electron chi connectivity index (χ1n) is 2.75. The number of aliphatic hydroxyl groups is 1. The minimum atomic E-state index is -0.353. The molecule has 0 aromatic rings. The Kier molecular flexibility index (Phi) is 11.5. The topological polar surface area (TPSA) is 46.2 Å². The molecular weight excluding hydrogens is 161 g/mol. The van der Waals surface area contributed by atoms with Gasteiger partial charge < -0.3 is 10.8 Å². The van der Waals surface area contributed by atoms with Crippen molar-refractivity contribution in [2.45, 2.75) is 18.9 Å². The van der Waals surface area contributed by atoms with Crippen LogP contribution in [0.2, 0.25) is 0 Å². The Morgan fingerprint density at radius 2 is 2.11 bits per heavy atom. The molecule has 4 heteroatoms. The fraction of sp³-hybridized carbons (Fsp3) is 1.00. The normalized spacial score (nSPS) is 12.3. The molecule has 0 saturated carbocycles. The molecule has 0 aliphatic rings. The SMILES string of the molecule is Cl.NCC(O)CCCCl. The van der Waals surface area contributed by atoms with E-state index in [0.717, 1.165) is 12.8 Å². The second-order valence-corrected chi connectivity index (χ2v) is 2.10. The third-order valence-electron chi connectivity index (χ3n) is 0.943. The molecule has 0 heterocycles. The Labute approximate surface area is 66.8 Å². The average Bonchev–Trinajstić information content (AvgIpc) is 1.83. The van der Waals surface area contributed by atoms with Gasteiger partial charge in [0.1, 0.15) is 0 Å². The molecule has 0 saturated heterocycles. The summed E-state index contributed by atoms with van der Waals surface area (Å²) in [5, 5.41) is 8.81. The monoisotopic (exact) mass is 173 g/mol. The lowest BCUT2D eigenvalue weighted by Crippen LogP contribution is -2.19. The largest absolute Gasteiger partial charge is 0.392 e. The van der Waals surface area contributed by atoms with Gasteiger partial charge >= 0.3 is 0 Å². The van der Waals surface area contributed by atoms with E-state index in [1.54, 1.807) is 0 Å². The minimum absolute atomic E-state index is 0. The lowest BCUT2D eigenvalue weighted by molar-refractivity contribution is 0.172. The molecule has 0 amide bonds. The molecular formula is C5H13Cl2NO. The zero-order valence-corrected chi connectivity index (χ0v) is 6.79. The van der Waals surface area contributed by atoms with E-state index < -0.39 is 0 Å². The van der Waals surface area contributed by atoms with E-state index in [1.165, 1.54) is 0 Å². The second-order valence-electron chi connectivity index (χ2n) is 1.72. The van der Waals surface area contributed by atoms with Gasteiger partial charge in [-0.05, 0) is 12.8 Å². The van der Waals surface area contributed by atoms with Crippen molar-refractivity contribution < 1.29 is 5.11 Å². The Morgan fingerprint density at radius 1 is 1.56 bits per heavy atom. The summed E-state index contributed by atoms with van der Waals surface area (Å²) in [7, 11) is 0. The summed E-state index contributed by atoms with van der Waals surface area (Å²) >= 11 is 5.35. The smallest absolute Gasteiger partial charge is 0.0662 e. The Hall–Kier alpha value is 0.500. The van der Waals surface area contributed by atoms with Gasteiger partial charge in [0.25, 0.3) is 0 Å². The summed E-state index contributed by atoms with van der Waals surface area (Å²) in [4.78, 5) is 0. The molecule has 0 fully saturated rings. The molecule has 0 aliphatic heterocycles. The van der Waals surface area contributed by atoms with Crippen LogP contribution in [0.15, 0.2) is 0 Å². The highest BCUT2D eigenvalue weighted by Crippen LogP contribution is 1.95. The molecule has 0 spiro atoms. The van der Waals surface area contributed by atoms with E-state index in [0.29, 0.717) is 12.4 Å². The molecule has 0 radical (unpaired) electrons. The van der Waals surface area contributed by atoms with Crippen LogP contribution in [0.3, 0.4) is 0 Å². The van der Waals surface area contributed by atoms with E-state index in [2.05, 4.69) is 0 Å². The number of hydrogen-bond donors (Lipinski definition) is 2. The van der Waals surface area contributed by atoms with E-state index in [4.69, 9.17) is 22.4 Å². The highest BCUT2D eigenvalue weighted by Gasteiger charge is 1.97. The first-order chi connectivity index (χ1) is 3.81. The van der Waals surface area contributed by atoms with Crippen LogP contribution in [-0.2, 0) is 0 Å². The van der Waals surface area contributed by atoms with E-state index in [9.17, 15) is 0 Å². The summed E-state index contributed by atoms with van der Waals surface area (Å²) in [5.74, 6) is 0.608. The highest BCUT2D eigenvalue weighted by molar-refractivity contribution is 6.17. The number of halogens is 2. The Morgan fingerprint density at radius 3 is 2.44 bits per heavy atom. The summed E-state index contributed by atoms with van der Waals surface area (Å²) in [6, 6.07) is 0. The van der Waals surface area contributed by atoms with Crippen LogP contribution in [0.4, 0.5) is 0 Å². The van der Waals surface area contributed by atoms with Crippen LogP contribution in [0, 0.1) is 0 Å². The van der Waals surface area contributed by atoms with Gasteiger partial charge in [-0.3, -0.25) is 0 Å². The molecule has 9 heavy (non-hydrogen) atoms. The number of alkyl halides is 1. The zero-order valence-electron chi connectivity index (χ0n) is 5.22. The molecule has 0 rings (SSSR count). The van der Waals surface area contributed by atoms with Gasteiger partial charge in [-0.25, -0.2) is 0 Å². The maximum absolute atomic E-state index is 8.81. The van der Waals surface area contributed by atoms with Crippen LogP contribution in [0.1, 0.15) is 12.8 Å². The van der Waals surface area contributed by atoms with Crippen LogP contribution in [0.5, 0.6) is 0 Å². The molecule has 2 nitrogen and oxygen atoms in total. The third-order valence-corrected chi connectivity index (χ3v) is 1.21. The molecule has 0 bridgehead atoms. The van der Waals surface area contributed by atoms with Crippen molar-refractivity contribution in [1.29, 1.82) is 0 Å². The third kappa shape index (κ3) is 8.50. The predicted octanol–water partition coefficient (Wildman–Crippen LogP) is 0.747. The van der Waals surface area contributed by atoms with Crippen molar-refractivity contribution >= 4 is 24.0 Å². The predicted molar refractivity (Wildman–Crippen MR) is 42.3 cm³/mol. The molecule has 58 valence electrons. The first kappa shape index (κ1) is 12.2. The van der Waals surface area contributed by atoms with E-state index in [1.807, 2.05) is 0 Å². The van der Waals surface area contributed by atoms with E-state index in [-0.39, 0.29) is 18.5 Å². The lowest BCUT2D eigenvalue weighted by atomic mass is 10.2. The first-order valence-corrected chi connectivity index (χ1v) is 3.28. The lowest BCUT2D eigenvalue weighted by Gasteiger charge is -2.03. The minimum Gasteiger partial charge on any atom is -0.392 e. The maximum Gasteiger partial charge on any atom is 0.0662 e. The van der Waals surface area contributed by atoms with Gasteiger partial charge in [0.05, 0.1) is 6.10 Å².